The van der Waals surface area contributed by atoms with Crippen molar-refractivity contribution in [3.05, 3.63) is 81.5 Å². The van der Waals surface area contributed by atoms with Gasteiger partial charge in [0.1, 0.15) is 0 Å². The van der Waals surface area contributed by atoms with Crippen LogP contribution in [0.3, 0.4) is 0 Å². The van der Waals surface area contributed by atoms with E-state index < -0.39 is 6.10 Å². The molecule has 1 N–H and O–H groups in total. The Morgan fingerprint density at radius 1 is 1.10 bits per heavy atom. The van der Waals surface area contributed by atoms with Gasteiger partial charge in [-0.15, -0.1) is 11.3 Å². The summed E-state index contributed by atoms with van der Waals surface area (Å²) in [5, 5.41) is 12.9. The molecule has 5 nitrogen and oxygen atoms in total. The topological polar surface area (TPSA) is 51.2 Å². The molecule has 0 fully saturated rings. The van der Waals surface area contributed by atoms with E-state index in [4.69, 9.17) is 14.2 Å². The molecule has 0 amide bonds. The van der Waals surface area contributed by atoms with Crippen molar-refractivity contribution in [2.45, 2.75) is 25.2 Å². The van der Waals surface area contributed by atoms with Gasteiger partial charge in [-0.05, 0) is 46.7 Å². The smallest absolute Gasteiger partial charge is 0.231 e. The molecule has 0 bridgehead atoms. The van der Waals surface area contributed by atoms with E-state index in [2.05, 4.69) is 40.6 Å². The zero-order valence-electron chi connectivity index (χ0n) is 16.7. The summed E-state index contributed by atoms with van der Waals surface area (Å²) in [7, 11) is 0. The second-order valence-corrected chi connectivity index (χ2v) is 8.71. The summed E-state index contributed by atoms with van der Waals surface area (Å²) >= 11 is 1.83. The number of thiophene rings is 1. The summed E-state index contributed by atoms with van der Waals surface area (Å²) < 4.78 is 16.6. The molecular weight excluding hydrogens is 398 g/mol. The molecule has 1 aromatic heterocycles. The first-order valence-corrected chi connectivity index (χ1v) is 11.2. The van der Waals surface area contributed by atoms with Crippen LogP contribution in [0.15, 0.2) is 60.0 Å². The third kappa shape index (κ3) is 4.09. The van der Waals surface area contributed by atoms with E-state index in [1.165, 1.54) is 16.0 Å². The molecule has 0 spiro atoms. The average Bonchev–Trinajstić information content (AvgIpc) is 3.43. The first kappa shape index (κ1) is 19.6. The number of ether oxygens (including phenoxy) is 3. The van der Waals surface area contributed by atoms with Crippen LogP contribution in [0.1, 0.15) is 27.6 Å². The van der Waals surface area contributed by atoms with Crippen LogP contribution in [0.2, 0.25) is 0 Å². The van der Waals surface area contributed by atoms with Crippen molar-refractivity contribution in [1.82, 2.24) is 4.90 Å². The Balaban J connectivity index is 1.21. The molecular formula is C24H25NO4S. The van der Waals surface area contributed by atoms with Crippen LogP contribution in [0.5, 0.6) is 11.5 Å². The Labute approximate surface area is 180 Å². The van der Waals surface area contributed by atoms with E-state index in [9.17, 15) is 5.11 Å². The molecule has 2 atom stereocenters. The van der Waals surface area contributed by atoms with Gasteiger partial charge < -0.3 is 19.3 Å². The third-order valence-electron chi connectivity index (χ3n) is 5.64. The Kier molecular flexibility index (Phi) is 5.73. The molecule has 5 rings (SSSR count). The number of fused-ring (bicyclic) bond motifs is 2. The summed E-state index contributed by atoms with van der Waals surface area (Å²) in [4.78, 5) is 3.83. The van der Waals surface area contributed by atoms with Gasteiger partial charge in [-0.2, -0.15) is 0 Å². The molecule has 3 aromatic rings. The molecule has 2 aromatic carbocycles. The van der Waals surface area contributed by atoms with Crippen molar-refractivity contribution in [1.29, 1.82) is 0 Å². The zero-order chi connectivity index (χ0) is 20.3. The fourth-order valence-electron chi connectivity index (χ4n) is 4.26. The summed E-state index contributed by atoms with van der Waals surface area (Å²) in [5.41, 5.74) is 3.64. The molecule has 2 aliphatic heterocycles. The van der Waals surface area contributed by atoms with E-state index >= 15 is 0 Å². The van der Waals surface area contributed by atoms with Gasteiger partial charge in [0.2, 0.25) is 6.79 Å². The van der Waals surface area contributed by atoms with Gasteiger partial charge in [-0.1, -0.05) is 36.4 Å². The second-order valence-electron chi connectivity index (χ2n) is 7.71. The average molecular weight is 424 g/mol. The summed E-state index contributed by atoms with van der Waals surface area (Å²) in [6, 6.07) is 18.8. The van der Waals surface area contributed by atoms with Crippen LogP contribution in [0.4, 0.5) is 0 Å². The van der Waals surface area contributed by atoms with Gasteiger partial charge in [-0.25, -0.2) is 0 Å². The largest absolute Gasteiger partial charge is 0.454 e. The summed E-state index contributed by atoms with van der Waals surface area (Å²) in [6.07, 6.45) is 0.478. The van der Waals surface area contributed by atoms with Gasteiger partial charge in [0.25, 0.3) is 0 Å². The number of β-amino-alcohol motifs (C(OH)–C–C–N with tert-alkyl or cyclic N) is 1. The number of aliphatic hydroxyl groups excluding tert-OH is 1. The van der Waals surface area contributed by atoms with Crippen LogP contribution in [0.25, 0.3) is 0 Å². The van der Waals surface area contributed by atoms with E-state index in [0.717, 1.165) is 30.0 Å². The van der Waals surface area contributed by atoms with Gasteiger partial charge in [0.15, 0.2) is 11.5 Å². The summed E-state index contributed by atoms with van der Waals surface area (Å²) in [5.74, 6) is 1.52. The van der Waals surface area contributed by atoms with Crippen molar-refractivity contribution in [2.24, 2.45) is 0 Å². The number of benzene rings is 2. The van der Waals surface area contributed by atoms with Gasteiger partial charge >= 0.3 is 0 Å². The molecule has 2 aliphatic rings. The quantitative estimate of drug-likeness (QED) is 0.623. The molecule has 156 valence electrons. The highest BCUT2D eigenvalue weighted by Crippen LogP contribution is 2.37. The predicted molar refractivity (Wildman–Crippen MR) is 116 cm³/mol. The minimum Gasteiger partial charge on any atom is -0.454 e. The molecule has 0 aliphatic carbocycles. The van der Waals surface area contributed by atoms with Crippen molar-refractivity contribution < 1.29 is 19.3 Å². The number of nitrogens with zero attached hydrogens (tertiary/aromatic N) is 1. The standard InChI is InChI=1S/C24H25NO4S/c26-19(15-27-14-17-6-7-21-22(12-17)29-16-28-21)13-25-10-8-23-20(9-11-30-23)24(25)18-4-2-1-3-5-18/h1-7,9,11-12,19,24,26H,8,10,13-16H2/t19-,24+/m1/s1. The normalized spacial score (nSPS) is 18.9. The maximum Gasteiger partial charge on any atom is 0.231 e. The number of hydrogen-bond donors (Lipinski definition) is 1. The minimum atomic E-state index is -0.551. The minimum absolute atomic E-state index is 0.185. The maximum atomic E-state index is 10.7. The monoisotopic (exact) mass is 423 g/mol. The van der Waals surface area contributed by atoms with Crippen molar-refractivity contribution >= 4 is 11.3 Å². The number of rotatable bonds is 7. The number of aliphatic hydroxyl groups is 1. The van der Waals surface area contributed by atoms with Crippen LogP contribution in [-0.2, 0) is 17.8 Å². The second kappa shape index (κ2) is 8.78. The SMILES string of the molecule is O[C@@H](COCc1ccc2c(c1)OCO2)CN1CCc2sccc2[C@@H]1c1ccccc1. The fraction of sp³-hybridized carbons (Fsp3) is 0.333. The van der Waals surface area contributed by atoms with Crippen molar-refractivity contribution in [3.8, 4) is 11.5 Å². The maximum absolute atomic E-state index is 10.7. The summed E-state index contributed by atoms with van der Waals surface area (Å²) in [6.45, 7) is 2.51. The molecule has 0 saturated carbocycles. The van der Waals surface area contributed by atoms with Crippen molar-refractivity contribution in [2.75, 3.05) is 26.5 Å². The van der Waals surface area contributed by atoms with Crippen LogP contribution in [0, 0.1) is 0 Å². The van der Waals surface area contributed by atoms with E-state index in [-0.39, 0.29) is 12.8 Å². The lowest BCUT2D eigenvalue weighted by Gasteiger charge is -2.37. The van der Waals surface area contributed by atoms with E-state index in [1.807, 2.05) is 35.6 Å². The van der Waals surface area contributed by atoms with Crippen molar-refractivity contribution in [3.63, 3.8) is 0 Å². The molecule has 6 heteroatoms. The van der Waals surface area contributed by atoms with E-state index in [0.29, 0.717) is 19.8 Å². The Hall–Kier alpha value is -2.38. The van der Waals surface area contributed by atoms with Crippen LogP contribution in [-0.4, -0.2) is 42.6 Å². The molecule has 0 radical (unpaired) electrons. The van der Waals surface area contributed by atoms with Gasteiger partial charge in [0.05, 0.1) is 25.4 Å². The van der Waals surface area contributed by atoms with Crippen LogP contribution >= 0.6 is 11.3 Å². The molecule has 30 heavy (non-hydrogen) atoms. The Morgan fingerprint density at radius 3 is 2.87 bits per heavy atom. The third-order valence-corrected chi connectivity index (χ3v) is 6.64. The number of hydrogen-bond acceptors (Lipinski definition) is 6. The predicted octanol–water partition coefficient (Wildman–Crippen LogP) is 4.00. The van der Waals surface area contributed by atoms with Gasteiger partial charge in [-0.3, -0.25) is 4.90 Å². The Morgan fingerprint density at radius 2 is 1.97 bits per heavy atom. The fourth-order valence-corrected chi connectivity index (χ4v) is 5.16. The lowest BCUT2D eigenvalue weighted by Crippen LogP contribution is -2.41. The zero-order valence-corrected chi connectivity index (χ0v) is 17.5. The lowest BCUT2D eigenvalue weighted by atomic mass is 9.93. The highest BCUT2D eigenvalue weighted by atomic mass is 32.1. The molecule has 0 saturated heterocycles. The molecule has 3 heterocycles. The molecule has 0 unspecified atom stereocenters. The van der Waals surface area contributed by atoms with Crippen LogP contribution < -0.4 is 9.47 Å². The van der Waals surface area contributed by atoms with Gasteiger partial charge in [0, 0.05) is 18.0 Å². The van der Waals surface area contributed by atoms with E-state index in [1.54, 1.807) is 0 Å². The first-order valence-electron chi connectivity index (χ1n) is 10.3. The Bertz CT molecular complexity index is 990. The highest BCUT2D eigenvalue weighted by Gasteiger charge is 2.30. The first-order chi connectivity index (χ1) is 14.8. The highest BCUT2D eigenvalue weighted by molar-refractivity contribution is 7.10. The lowest BCUT2D eigenvalue weighted by molar-refractivity contribution is 0.00391.